The van der Waals surface area contributed by atoms with Gasteiger partial charge in [-0.1, -0.05) is 0 Å². The molecule has 3 rings (SSSR count). The van der Waals surface area contributed by atoms with E-state index in [1.54, 1.807) is 25.3 Å². The number of likely N-dealkylation sites (N-methyl/N-ethyl adjacent to an activating group) is 1. The van der Waals surface area contributed by atoms with Crippen LogP contribution < -0.4 is 20.5 Å². The zero-order valence-electron chi connectivity index (χ0n) is 16.8. The molecule has 0 radical (unpaired) electrons. The summed E-state index contributed by atoms with van der Waals surface area (Å²) in [6.07, 6.45) is 0. The molecule has 0 amide bonds. The van der Waals surface area contributed by atoms with Crippen molar-refractivity contribution in [3.8, 4) is 11.5 Å². The van der Waals surface area contributed by atoms with Gasteiger partial charge in [0.2, 0.25) is 5.78 Å². The smallest absolute Gasteiger partial charge is 0.205 e. The lowest BCUT2D eigenvalue weighted by molar-refractivity contribution is 0.104. The normalized spacial score (nSPS) is 10.8. The van der Waals surface area contributed by atoms with Crippen LogP contribution >= 0.6 is 11.3 Å². The topological polar surface area (TPSA) is 76.8 Å². The summed E-state index contributed by atoms with van der Waals surface area (Å²) < 4.78 is 10.8. The van der Waals surface area contributed by atoms with Gasteiger partial charge in [0.1, 0.15) is 23.0 Å². The number of nitrogens with two attached hydrogens (primary N) is 1. The SMILES string of the molecule is COc1ccc(Nc2cc(N)c(C(=O)c3ccc(OCCN(C)C)cc3)s2)cc1. The summed E-state index contributed by atoms with van der Waals surface area (Å²) in [5, 5.41) is 4.08. The number of hydrogen-bond acceptors (Lipinski definition) is 7. The lowest BCUT2D eigenvalue weighted by atomic mass is 10.1. The first-order chi connectivity index (χ1) is 14.0. The summed E-state index contributed by atoms with van der Waals surface area (Å²) in [6.45, 7) is 1.43. The van der Waals surface area contributed by atoms with Gasteiger partial charge in [-0.05, 0) is 68.7 Å². The summed E-state index contributed by atoms with van der Waals surface area (Å²) in [6, 6.07) is 16.5. The summed E-state index contributed by atoms with van der Waals surface area (Å²) in [7, 11) is 5.62. The predicted octanol–water partition coefficient (Wildman–Crippen LogP) is 4.25. The number of thiophene rings is 1. The molecule has 2 aromatic carbocycles. The van der Waals surface area contributed by atoms with Gasteiger partial charge in [0.15, 0.2) is 0 Å². The Morgan fingerprint density at radius 2 is 1.72 bits per heavy atom. The van der Waals surface area contributed by atoms with Gasteiger partial charge in [0, 0.05) is 17.8 Å². The van der Waals surface area contributed by atoms with Crippen molar-refractivity contribution >= 4 is 33.5 Å². The van der Waals surface area contributed by atoms with Gasteiger partial charge < -0.3 is 25.4 Å². The third-order valence-corrected chi connectivity index (χ3v) is 5.31. The van der Waals surface area contributed by atoms with Crippen molar-refractivity contribution in [2.24, 2.45) is 0 Å². The molecule has 0 aliphatic carbocycles. The van der Waals surface area contributed by atoms with Crippen LogP contribution in [0, 0.1) is 0 Å². The number of carbonyl (C=O) groups is 1. The minimum Gasteiger partial charge on any atom is -0.497 e. The van der Waals surface area contributed by atoms with Crippen molar-refractivity contribution in [1.82, 2.24) is 4.90 Å². The number of methoxy groups -OCH3 is 1. The zero-order valence-corrected chi connectivity index (χ0v) is 17.6. The lowest BCUT2D eigenvalue weighted by Gasteiger charge is -2.11. The Labute approximate surface area is 174 Å². The molecule has 0 aliphatic heterocycles. The molecule has 0 unspecified atom stereocenters. The Morgan fingerprint density at radius 1 is 1.07 bits per heavy atom. The lowest BCUT2D eigenvalue weighted by Crippen LogP contribution is -2.19. The van der Waals surface area contributed by atoms with E-state index >= 15 is 0 Å². The Morgan fingerprint density at radius 3 is 2.34 bits per heavy atom. The van der Waals surface area contributed by atoms with Gasteiger partial charge in [-0.15, -0.1) is 11.3 Å². The number of rotatable bonds is 9. The zero-order chi connectivity index (χ0) is 20.8. The summed E-state index contributed by atoms with van der Waals surface area (Å²) in [4.78, 5) is 15.4. The van der Waals surface area contributed by atoms with Gasteiger partial charge in [0.25, 0.3) is 0 Å². The summed E-state index contributed by atoms with van der Waals surface area (Å²) >= 11 is 1.33. The Hall–Kier alpha value is -3.03. The molecule has 0 aliphatic rings. The van der Waals surface area contributed by atoms with E-state index < -0.39 is 0 Å². The van der Waals surface area contributed by atoms with Crippen LogP contribution in [0.1, 0.15) is 15.2 Å². The summed E-state index contributed by atoms with van der Waals surface area (Å²) in [5.74, 6) is 1.42. The van der Waals surface area contributed by atoms with Gasteiger partial charge in [-0.3, -0.25) is 4.79 Å². The molecule has 0 saturated carbocycles. The fourth-order valence-corrected chi connectivity index (χ4v) is 3.60. The van der Waals surface area contributed by atoms with E-state index in [4.69, 9.17) is 15.2 Å². The van der Waals surface area contributed by atoms with E-state index in [-0.39, 0.29) is 5.78 Å². The number of benzene rings is 2. The number of carbonyl (C=O) groups excluding carboxylic acids is 1. The van der Waals surface area contributed by atoms with E-state index in [1.807, 2.05) is 50.5 Å². The molecule has 3 N–H and O–H groups in total. The largest absolute Gasteiger partial charge is 0.497 e. The fourth-order valence-electron chi connectivity index (χ4n) is 2.64. The quantitative estimate of drug-likeness (QED) is 0.513. The average Bonchev–Trinajstić information content (AvgIpc) is 3.08. The molecule has 6 nitrogen and oxygen atoms in total. The monoisotopic (exact) mass is 411 g/mol. The Balaban J connectivity index is 1.67. The Bertz CT molecular complexity index is 950. The van der Waals surface area contributed by atoms with E-state index in [0.29, 0.717) is 22.7 Å². The van der Waals surface area contributed by atoms with Crippen LogP contribution in [0.5, 0.6) is 11.5 Å². The highest BCUT2D eigenvalue weighted by molar-refractivity contribution is 7.18. The van der Waals surface area contributed by atoms with Crippen LogP contribution in [-0.4, -0.2) is 45.0 Å². The van der Waals surface area contributed by atoms with Crippen LogP contribution in [0.3, 0.4) is 0 Å². The maximum atomic E-state index is 12.9. The van der Waals surface area contributed by atoms with Gasteiger partial charge in [0.05, 0.1) is 17.8 Å². The van der Waals surface area contributed by atoms with E-state index in [2.05, 4.69) is 10.2 Å². The highest BCUT2D eigenvalue weighted by Crippen LogP contribution is 2.33. The first-order valence-corrected chi connectivity index (χ1v) is 10.0. The second kappa shape index (κ2) is 9.45. The van der Waals surface area contributed by atoms with Crippen LogP contribution in [0.2, 0.25) is 0 Å². The van der Waals surface area contributed by atoms with Crippen LogP contribution in [0.25, 0.3) is 0 Å². The van der Waals surface area contributed by atoms with Gasteiger partial charge in [-0.25, -0.2) is 0 Å². The molecule has 1 aromatic heterocycles. The van der Waals surface area contributed by atoms with Gasteiger partial charge in [-0.2, -0.15) is 0 Å². The Kier molecular flexibility index (Phi) is 6.74. The molecular weight excluding hydrogens is 386 g/mol. The third kappa shape index (κ3) is 5.49. The number of nitrogens with zero attached hydrogens (tertiary/aromatic N) is 1. The fraction of sp³-hybridized carbons (Fsp3) is 0.227. The molecular formula is C22H25N3O3S. The molecule has 0 atom stereocenters. The highest BCUT2D eigenvalue weighted by Gasteiger charge is 2.17. The van der Waals surface area contributed by atoms with Crippen molar-refractivity contribution < 1.29 is 14.3 Å². The molecule has 29 heavy (non-hydrogen) atoms. The molecule has 3 aromatic rings. The number of nitrogen functional groups attached to an aromatic ring is 1. The van der Waals surface area contributed by atoms with Crippen molar-refractivity contribution in [1.29, 1.82) is 0 Å². The molecule has 152 valence electrons. The number of hydrogen-bond donors (Lipinski definition) is 2. The number of nitrogens with one attached hydrogen (secondary N) is 1. The van der Waals surface area contributed by atoms with E-state index in [9.17, 15) is 4.79 Å². The second-order valence-electron chi connectivity index (χ2n) is 6.75. The number of anilines is 3. The predicted molar refractivity (Wildman–Crippen MR) is 119 cm³/mol. The minimum atomic E-state index is -0.102. The summed E-state index contributed by atoms with van der Waals surface area (Å²) in [5.41, 5.74) is 8.04. The number of ketones is 1. The van der Waals surface area contributed by atoms with Crippen molar-refractivity contribution in [2.45, 2.75) is 0 Å². The van der Waals surface area contributed by atoms with E-state index in [1.165, 1.54) is 11.3 Å². The molecule has 0 fully saturated rings. The van der Waals surface area contributed by atoms with Crippen molar-refractivity contribution in [3.63, 3.8) is 0 Å². The van der Waals surface area contributed by atoms with E-state index in [0.717, 1.165) is 28.7 Å². The maximum Gasteiger partial charge on any atom is 0.205 e. The molecule has 0 spiro atoms. The minimum absolute atomic E-state index is 0.102. The first kappa shape index (κ1) is 20.7. The maximum absolute atomic E-state index is 12.9. The van der Waals surface area contributed by atoms with Gasteiger partial charge >= 0.3 is 0 Å². The van der Waals surface area contributed by atoms with Crippen molar-refractivity contribution in [2.75, 3.05) is 45.4 Å². The first-order valence-electron chi connectivity index (χ1n) is 9.19. The molecule has 1 heterocycles. The molecule has 0 bridgehead atoms. The average molecular weight is 412 g/mol. The van der Waals surface area contributed by atoms with Crippen molar-refractivity contribution in [3.05, 3.63) is 65.0 Å². The van der Waals surface area contributed by atoms with Crippen LogP contribution in [-0.2, 0) is 0 Å². The molecule has 7 heteroatoms. The van der Waals surface area contributed by atoms with Crippen LogP contribution in [0.4, 0.5) is 16.4 Å². The standard InChI is InChI=1S/C22H25N3O3S/c1-25(2)12-13-28-18-8-4-15(5-9-18)21(26)22-19(23)14-20(29-22)24-16-6-10-17(27-3)11-7-16/h4-11,14,24H,12-13,23H2,1-3H3. The highest BCUT2D eigenvalue weighted by atomic mass is 32.1. The third-order valence-electron chi connectivity index (χ3n) is 4.25. The van der Waals surface area contributed by atoms with Crippen LogP contribution in [0.15, 0.2) is 54.6 Å². The molecule has 0 saturated heterocycles. The second-order valence-corrected chi connectivity index (χ2v) is 7.81. The number of ether oxygens (including phenoxy) is 2.